The number of aromatic nitrogens is 2. The lowest BCUT2D eigenvalue weighted by Gasteiger charge is -2.22. The maximum Gasteiger partial charge on any atom is 0.335 e. The third-order valence-corrected chi connectivity index (χ3v) is 6.53. The van der Waals surface area contributed by atoms with Crippen molar-refractivity contribution in [1.82, 2.24) is 9.97 Å². The third kappa shape index (κ3) is 5.02. The summed E-state index contributed by atoms with van der Waals surface area (Å²) < 4.78 is 6.16. The van der Waals surface area contributed by atoms with Gasteiger partial charge in [0.05, 0.1) is 16.9 Å². The van der Waals surface area contributed by atoms with E-state index < -0.39 is 5.97 Å². The van der Waals surface area contributed by atoms with Crippen molar-refractivity contribution in [3.63, 3.8) is 0 Å². The number of carboxylic acids is 1. The third-order valence-electron chi connectivity index (χ3n) is 5.51. The monoisotopic (exact) mass is 483 g/mol. The second-order valence-electron chi connectivity index (χ2n) is 8.11. The number of carboxylic acid groups (broad SMARTS) is 1. The Hall–Kier alpha value is -4.17. The molecule has 1 aliphatic rings. The van der Waals surface area contributed by atoms with Crippen LogP contribution in [0.5, 0.6) is 11.6 Å². The number of benzene rings is 3. The summed E-state index contributed by atoms with van der Waals surface area (Å²) in [6, 6.07) is 21.7. The summed E-state index contributed by atoms with van der Waals surface area (Å²) in [4.78, 5) is 33.1. The van der Waals surface area contributed by atoms with Gasteiger partial charge in [-0.2, -0.15) is 4.98 Å². The fraction of sp³-hybridized carbons (Fsp3) is 0.111. The highest BCUT2D eigenvalue weighted by Gasteiger charge is 2.25. The normalized spacial score (nSPS) is 11.7. The quantitative estimate of drug-likeness (QED) is 0.240. The Balaban J connectivity index is 1.40. The van der Waals surface area contributed by atoms with E-state index in [1.807, 2.05) is 49.4 Å². The molecule has 5 rings (SSSR count). The molecule has 1 aromatic heterocycles. The van der Waals surface area contributed by atoms with Crippen molar-refractivity contribution in [3.05, 3.63) is 95.1 Å². The van der Waals surface area contributed by atoms with Crippen molar-refractivity contribution in [2.75, 3.05) is 11.1 Å². The number of hydrogen-bond acceptors (Lipinski definition) is 6. The Bertz CT molecular complexity index is 1420. The first-order chi connectivity index (χ1) is 17.0. The number of fused-ring (bicyclic) bond motifs is 2. The molecular formula is C27H21N3O4S. The van der Waals surface area contributed by atoms with Gasteiger partial charge in [-0.1, -0.05) is 59.8 Å². The average Bonchev–Trinajstić information content (AvgIpc) is 2.87. The van der Waals surface area contributed by atoms with E-state index in [0.717, 1.165) is 28.0 Å². The summed E-state index contributed by atoms with van der Waals surface area (Å²) in [5.74, 6) is 0.701. The molecule has 3 aromatic carbocycles. The molecule has 1 amide bonds. The number of rotatable bonds is 6. The van der Waals surface area contributed by atoms with E-state index in [9.17, 15) is 9.59 Å². The van der Waals surface area contributed by atoms with Crippen LogP contribution in [0.2, 0.25) is 0 Å². The Labute approximate surface area is 206 Å². The first-order valence-electron chi connectivity index (χ1n) is 11.0. The molecule has 7 nitrogen and oxygen atoms in total. The minimum atomic E-state index is -1.01. The molecule has 0 saturated heterocycles. The van der Waals surface area contributed by atoms with Gasteiger partial charge in [0.2, 0.25) is 11.8 Å². The molecule has 174 valence electrons. The Morgan fingerprint density at radius 1 is 1.03 bits per heavy atom. The summed E-state index contributed by atoms with van der Waals surface area (Å²) in [5.41, 5.74) is 4.60. The molecule has 2 heterocycles. The van der Waals surface area contributed by atoms with Gasteiger partial charge in [0, 0.05) is 17.7 Å². The highest BCUT2D eigenvalue weighted by atomic mass is 32.2. The lowest BCUT2D eigenvalue weighted by atomic mass is 10.0. The molecule has 0 spiro atoms. The largest absolute Gasteiger partial charge is 0.478 e. The number of aromatic carboxylic acids is 1. The van der Waals surface area contributed by atoms with Gasteiger partial charge in [-0.25, -0.2) is 9.78 Å². The van der Waals surface area contributed by atoms with Crippen LogP contribution in [-0.4, -0.2) is 32.7 Å². The maximum atomic E-state index is 12.6. The fourth-order valence-electron chi connectivity index (χ4n) is 3.78. The number of carbonyl (C=O) groups excluding carboxylic acids is 1. The first-order valence-corrected chi connectivity index (χ1v) is 11.9. The Morgan fingerprint density at radius 3 is 2.54 bits per heavy atom. The lowest BCUT2D eigenvalue weighted by molar-refractivity contribution is -0.113. The second-order valence-corrected chi connectivity index (χ2v) is 9.08. The van der Waals surface area contributed by atoms with E-state index in [2.05, 4.69) is 16.4 Å². The Kier molecular flexibility index (Phi) is 6.20. The number of thioether (sulfide) groups is 1. The molecule has 4 aromatic rings. The van der Waals surface area contributed by atoms with E-state index in [-0.39, 0.29) is 17.2 Å². The fourth-order valence-corrected chi connectivity index (χ4v) is 4.61. The molecule has 0 unspecified atom stereocenters. The van der Waals surface area contributed by atoms with Crippen LogP contribution in [0.3, 0.4) is 0 Å². The van der Waals surface area contributed by atoms with E-state index >= 15 is 0 Å². The first kappa shape index (κ1) is 22.6. The van der Waals surface area contributed by atoms with E-state index in [1.165, 1.54) is 23.9 Å². The van der Waals surface area contributed by atoms with Crippen molar-refractivity contribution >= 4 is 29.3 Å². The minimum Gasteiger partial charge on any atom is -0.478 e. The summed E-state index contributed by atoms with van der Waals surface area (Å²) in [7, 11) is 0. The number of carbonyl (C=O) groups is 2. The van der Waals surface area contributed by atoms with Crippen molar-refractivity contribution in [2.24, 2.45) is 0 Å². The number of anilines is 1. The molecule has 0 radical (unpaired) electrons. The lowest BCUT2D eigenvalue weighted by Crippen LogP contribution is -2.15. The zero-order valence-electron chi connectivity index (χ0n) is 18.8. The molecule has 0 fully saturated rings. The maximum absolute atomic E-state index is 12.6. The van der Waals surface area contributed by atoms with Crippen LogP contribution < -0.4 is 10.1 Å². The van der Waals surface area contributed by atoms with Crippen LogP contribution in [0.25, 0.3) is 11.4 Å². The average molecular weight is 484 g/mol. The molecular weight excluding hydrogens is 462 g/mol. The summed E-state index contributed by atoms with van der Waals surface area (Å²) >= 11 is 1.32. The number of amides is 1. The van der Waals surface area contributed by atoms with Gasteiger partial charge in [0.1, 0.15) is 10.8 Å². The smallest absolute Gasteiger partial charge is 0.335 e. The van der Waals surface area contributed by atoms with Crippen LogP contribution in [0.15, 0.2) is 77.8 Å². The van der Waals surface area contributed by atoms with Gasteiger partial charge < -0.3 is 15.2 Å². The second kappa shape index (κ2) is 9.60. The topological polar surface area (TPSA) is 101 Å². The predicted octanol–water partition coefficient (Wildman–Crippen LogP) is 5.58. The number of ether oxygens (including phenoxy) is 1. The summed E-state index contributed by atoms with van der Waals surface area (Å²) in [5, 5.41) is 12.5. The van der Waals surface area contributed by atoms with Crippen LogP contribution >= 0.6 is 11.8 Å². The van der Waals surface area contributed by atoms with E-state index in [1.54, 1.807) is 12.1 Å². The van der Waals surface area contributed by atoms with Gasteiger partial charge in [-0.3, -0.25) is 4.79 Å². The molecule has 0 bridgehead atoms. The van der Waals surface area contributed by atoms with E-state index in [4.69, 9.17) is 14.8 Å². The molecule has 0 aliphatic carbocycles. The number of nitrogens with one attached hydrogen (secondary N) is 1. The summed E-state index contributed by atoms with van der Waals surface area (Å²) in [6.45, 7) is 2.04. The summed E-state index contributed by atoms with van der Waals surface area (Å²) in [6.07, 6.45) is 0.613. The van der Waals surface area contributed by atoms with Crippen LogP contribution in [0, 0.1) is 6.92 Å². The zero-order chi connectivity index (χ0) is 24.4. The van der Waals surface area contributed by atoms with Gasteiger partial charge in [-0.15, -0.1) is 0 Å². The molecule has 0 atom stereocenters. The molecule has 8 heteroatoms. The molecule has 35 heavy (non-hydrogen) atoms. The number of nitrogens with zero attached hydrogens (tertiary/aromatic N) is 2. The van der Waals surface area contributed by atoms with Crippen LogP contribution in [-0.2, 0) is 11.2 Å². The van der Waals surface area contributed by atoms with Crippen molar-refractivity contribution in [1.29, 1.82) is 0 Å². The van der Waals surface area contributed by atoms with Crippen molar-refractivity contribution in [3.8, 4) is 23.0 Å². The van der Waals surface area contributed by atoms with Gasteiger partial charge >= 0.3 is 5.97 Å². The van der Waals surface area contributed by atoms with Crippen molar-refractivity contribution in [2.45, 2.75) is 18.4 Å². The van der Waals surface area contributed by atoms with E-state index in [0.29, 0.717) is 28.8 Å². The SMILES string of the molecule is Cc1ccc2c(c1)Cc1c(nc(-c3ccccc3)nc1SCC(=O)Nc1ccc(C(=O)O)cc1)O2. The number of hydrogen-bond donors (Lipinski definition) is 2. The number of aryl methyl sites for hydroxylation is 1. The van der Waals surface area contributed by atoms with Gasteiger partial charge in [0.25, 0.3) is 0 Å². The van der Waals surface area contributed by atoms with Crippen LogP contribution in [0.1, 0.15) is 27.0 Å². The molecule has 2 N–H and O–H groups in total. The standard InChI is InChI=1S/C27H21N3O4S/c1-16-7-12-22-19(13-16)14-21-25(34-22)29-24(17-5-3-2-4-6-17)30-26(21)35-15-23(31)28-20-10-8-18(9-11-20)27(32)33/h2-13H,14-15H2,1H3,(H,28,31)(H,32,33). The zero-order valence-corrected chi connectivity index (χ0v) is 19.6. The van der Waals surface area contributed by atoms with Crippen LogP contribution in [0.4, 0.5) is 5.69 Å². The predicted molar refractivity (Wildman–Crippen MR) is 134 cm³/mol. The van der Waals surface area contributed by atoms with Crippen molar-refractivity contribution < 1.29 is 19.4 Å². The van der Waals surface area contributed by atoms with Gasteiger partial charge in [-0.05, 0) is 42.8 Å². The minimum absolute atomic E-state index is 0.124. The highest BCUT2D eigenvalue weighted by molar-refractivity contribution is 8.00. The van der Waals surface area contributed by atoms with Gasteiger partial charge in [0.15, 0.2) is 5.82 Å². The Morgan fingerprint density at radius 2 is 1.80 bits per heavy atom. The molecule has 0 saturated carbocycles. The highest BCUT2D eigenvalue weighted by Crippen LogP contribution is 2.40. The molecule has 1 aliphatic heterocycles.